The molecule has 2 heterocycles. The van der Waals surface area contributed by atoms with Gasteiger partial charge in [-0.05, 0) is 24.3 Å². The second-order valence-electron chi connectivity index (χ2n) is 5.31. The number of urea groups is 1. The van der Waals surface area contributed by atoms with E-state index in [0.717, 1.165) is 12.1 Å². The van der Waals surface area contributed by atoms with E-state index in [1.807, 2.05) is 0 Å². The van der Waals surface area contributed by atoms with E-state index in [4.69, 9.17) is 0 Å². The molecular weight excluding hydrogens is 357 g/mol. The monoisotopic (exact) mass is 370 g/mol. The Bertz CT molecular complexity index is 789. The van der Waals surface area contributed by atoms with Crippen LogP contribution in [0.3, 0.4) is 0 Å². The average Bonchev–Trinajstić information content (AvgIpc) is 3.15. The molecule has 1 aliphatic heterocycles. The number of halogens is 3. The summed E-state index contributed by atoms with van der Waals surface area (Å²) in [6.07, 6.45) is -4.45. The summed E-state index contributed by atoms with van der Waals surface area (Å²) in [5.41, 5.74) is -0.0185. The van der Waals surface area contributed by atoms with Crippen molar-refractivity contribution in [3.05, 3.63) is 40.9 Å². The Kier molecular flexibility index (Phi) is 4.62. The maximum absolute atomic E-state index is 12.5. The number of aromatic nitrogens is 1. The van der Waals surface area contributed by atoms with Gasteiger partial charge in [-0.25, -0.2) is 9.78 Å². The molecule has 6 nitrogen and oxygen atoms in total. The van der Waals surface area contributed by atoms with Crippen molar-refractivity contribution in [1.82, 2.24) is 10.3 Å². The Hall–Kier alpha value is -2.62. The minimum absolute atomic E-state index is 0.0347. The number of hydrogen-bond donors (Lipinski definition) is 2. The lowest BCUT2D eigenvalue weighted by Gasteiger charge is -2.09. The van der Waals surface area contributed by atoms with Gasteiger partial charge in [0.2, 0.25) is 5.91 Å². The number of thiazole rings is 1. The van der Waals surface area contributed by atoms with Crippen molar-refractivity contribution in [1.29, 1.82) is 0 Å². The highest BCUT2D eigenvalue weighted by atomic mass is 32.1. The van der Waals surface area contributed by atoms with Gasteiger partial charge < -0.3 is 10.6 Å². The number of hydrogen-bond acceptors (Lipinski definition) is 4. The van der Waals surface area contributed by atoms with Gasteiger partial charge in [0.25, 0.3) is 0 Å². The van der Waals surface area contributed by atoms with Crippen molar-refractivity contribution in [2.45, 2.75) is 12.6 Å². The Morgan fingerprint density at radius 1 is 1.32 bits per heavy atom. The molecule has 1 aromatic heterocycles. The molecule has 3 rings (SSSR count). The van der Waals surface area contributed by atoms with Crippen LogP contribution in [0.4, 0.5) is 28.8 Å². The zero-order chi connectivity index (χ0) is 18.0. The van der Waals surface area contributed by atoms with E-state index in [-0.39, 0.29) is 18.1 Å². The van der Waals surface area contributed by atoms with E-state index in [9.17, 15) is 22.8 Å². The molecule has 132 valence electrons. The SMILES string of the molecule is O=C(Cc1csc(N2CCNC2=O)n1)Nc1ccc(C(F)(F)F)cc1. The third kappa shape index (κ3) is 4.08. The molecule has 1 aromatic carbocycles. The minimum Gasteiger partial charge on any atom is -0.336 e. The largest absolute Gasteiger partial charge is 0.416 e. The predicted molar refractivity (Wildman–Crippen MR) is 86.6 cm³/mol. The molecule has 0 aliphatic carbocycles. The van der Waals surface area contributed by atoms with Crippen molar-refractivity contribution in [3.63, 3.8) is 0 Å². The zero-order valence-corrected chi connectivity index (χ0v) is 13.6. The van der Waals surface area contributed by atoms with E-state index in [1.165, 1.54) is 28.4 Å². The first-order chi connectivity index (χ1) is 11.8. The van der Waals surface area contributed by atoms with Gasteiger partial charge in [-0.3, -0.25) is 9.69 Å². The fraction of sp³-hybridized carbons (Fsp3) is 0.267. The van der Waals surface area contributed by atoms with E-state index >= 15 is 0 Å². The highest BCUT2D eigenvalue weighted by Gasteiger charge is 2.30. The van der Waals surface area contributed by atoms with Gasteiger partial charge in [0.15, 0.2) is 5.13 Å². The third-order valence-electron chi connectivity index (χ3n) is 3.46. The molecule has 1 fully saturated rings. The number of anilines is 2. The van der Waals surface area contributed by atoms with E-state index in [1.54, 1.807) is 5.38 Å². The summed E-state index contributed by atoms with van der Waals surface area (Å²) >= 11 is 1.25. The minimum atomic E-state index is -4.42. The van der Waals surface area contributed by atoms with Gasteiger partial charge in [-0.15, -0.1) is 11.3 Å². The summed E-state index contributed by atoms with van der Waals surface area (Å²) in [5, 5.41) is 7.36. The number of rotatable bonds is 4. The molecule has 3 amide bonds. The van der Waals surface area contributed by atoms with Gasteiger partial charge in [0.1, 0.15) is 0 Å². The lowest BCUT2D eigenvalue weighted by atomic mass is 10.2. The Balaban J connectivity index is 1.59. The molecule has 0 saturated carbocycles. The van der Waals surface area contributed by atoms with Crippen LogP contribution in [0.15, 0.2) is 29.6 Å². The lowest BCUT2D eigenvalue weighted by molar-refractivity contribution is -0.137. The van der Waals surface area contributed by atoms with Gasteiger partial charge in [0, 0.05) is 24.2 Å². The number of amides is 3. The van der Waals surface area contributed by atoms with Gasteiger partial charge in [0.05, 0.1) is 17.7 Å². The maximum Gasteiger partial charge on any atom is 0.416 e. The van der Waals surface area contributed by atoms with Crippen molar-refractivity contribution in [2.24, 2.45) is 0 Å². The molecular formula is C15H13F3N4O2S. The molecule has 10 heteroatoms. The highest BCUT2D eigenvalue weighted by molar-refractivity contribution is 7.14. The number of carbonyl (C=O) groups excluding carboxylic acids is 2. The Morgan fingerprint density at radius 2 is 2.04 bits per heavy atom. The second-order valence-corrected chi connectivity index (χ2v) is 6.14. The Morgan fingerprint density at radius 3 is 2.64 bits per heavy atom. The van der Waals surface area contributed by atoms with Gasteiger partial charge in [-0.2, -0.15) is 13.2 Å². The number of nitrogens with one attached hydrogen (secondary N) is 2. The van der Waals surface area contributed by atoms with Crippen LogP contribution in [0.2, 0.25) is 0 Å². The van der Waals surface area contributed by atoms with Crippen molar-refractivity contribution in [3.8, 4) is 0 Å². The van der Waals surface area contributed by atoms with Crippen LogP contribution in [0, 0.1) is 0 Å². The summed E-state index contributed by atoms with van der Waals surface area (Å²) in [7, 11) is 0. The summed E-state index contributed by atoms with van der Waals surface area (Å²) in [4.78, 5) is 29.3. The summed E-state index contributed by atoms with van der Waals surface area (Å²) < 4.78 is 37.5. The first-order valence-electron chi connectivity index (χ1n) is 7.30. The van der Waals surface area contributed by atoms with E-state index in [2.05, 4.69) is 15.6 Å². The first kappa shape index (κ1) is 17.2. The molecule has 0 radical (unpaired) electrons. The summed E-state index contributed by atoms with van der Waals surface area (Å²) in [5.74, 6) is -0.400. The summed E-state index contributed by atoms with van der Waals surface area (Å²) in [6, 6.07) is 3.98. The van der Waals surface area contributed by atoms with Crippen LogP contribution in [0.25, 0.3) is 0 Å². The average molecular weight is 370 g/mol. The van der Waals surface area contributed by atoms with E-state index in [0.29, 0.717) is 23.9 Å². The predicted octanol–water partition coefficient (Wildman–Crippen LogP) is 2.87. The smallest absolute Gasteiger partial charge is 0.336 e. The molecule has 0 unspecified atom stereocenters. The number of carbonyl (C=O) groups is 2. The molecule has 2 N–H and O–H groups in total. The normalized spacial score (nSPS) is 14.5. The molecule has 25 heavy (non-hydrogen) atoms. The third-order valence-corrected chi connectivity index (χ3v) is 4.38. The summed E-state index contributed by atoms with van der Waals surface area (Å²) in [6.45, 7) is 1.06. The highest BCUT2D eigenvalue weighted by Crippen LogP contribution is 2.30. The van der Waals surface area contributed by atoms with Crippen LogP contribution in [0.1, 0.15) is 11.3 Å². The molecule has 1 saturated heterocycles. The van der Waals surface area contributed by atoms with Crippen LogP contribution >= 0.6 is 11.3 Å². The lowest BCUT2D eigenvalue weighted by Crippen LogP contribution is -2.27. The van der Waals surface area contributed by atoms with E-state index < -0.39 is 17.6 Å². The fourth-order valence-electron chi connectivity index (χ4n) is 2.27. The molecule has 2 aromatic rings. The van der Waals surface area contributed by atoms with Crippen LogP contribution in [0.5, 0.6) is 0 Å². The molecule has 1 aliphatic rings. The zero-order valence-electron chi connectivity index (χ0n) is 12.8. The second kappa shape index (κ2) is 6.71. The van der Waals surface area contributed by atoms with Crippen LogP contribution < -0.4 is 15.5 Å². The van der Waals surface area contributed by atoms with Crippen molar-refractivity contribution < 1.29 is 22.8 Å². The van der Waals surface area contributed by atoms with Crippen LogP contribution in [-0.2, 0) is 17.4 Å². The number of benzene rings is 1. The molecule has 0 bridgehead atoms. The Labute approximate surface area is 144 Å². The van der Waals surface area contributed by atoms with Crippen molar-refractivity contribution >= 4 is 34.1 Å². The van der Waals surface area contributed by atoms with Gasteiger partial charge in [-0.1, -0.05) is 0 Å². The van der Waals surface area contributed by atoms with Crippen LogP contribution in [-0.4, -0.2) is 30.0 Å². The van der Waals surface area contributed by atoms with Crippen molar-refractivity contribution in [2.75, 3.05) is 23.3 Å². The number of alkyl halides is 3. The topological polar surface area (TPSA) is 74.3 Å². The molecule has 0 atom stereocenters. The molecule has 0 spiro atoms. The maximum atomic E-state index is 12.5. The quantitative estimate of drug-likeness (QED) is 0.869. The van der Waals surface area contributed by atoms with Gasteiger partial charge >= 0.3 is 12.2 Å². The standard InChI is InChI=1S/C15H13F3N4O2S/c16-15(17,18)9-1-3-10(4-2-9)20-12(23)7-11-8-25-14(21-11)22-6-5-19-13(22)24/h1-4,8H,5-7H2,(H,19,24)(H,20,23). The number of nitrogens with zero attached hydrogens (tertiary/aromatic N) is 2. The first-order valence-corrected chi connectivity index (χ1v) is 8.18. The fourth-order valence-corrected chi connectivity index (χ4v) is 3.12.